The normalized spacial score (nSPS) is 28.4. The van der Waals surface area contributed by atoms with Gasteiger partial charge in [0.15, 0.2) is 5.78 Å². The number of allylic oxidation sites excluding steroid dienone is 2. The molecule has 2 nitrogen and oxygen atoms in total. The van der Waals surface area contributed by atoms with Crippen LogP contribution >= 0.6 is 0 Å². The van der Waals surface area contributed by atoms with Crippen LogP contribution in [-0.2, 0) is 17.6 Å². The molecule has 3 rings (SSSR count). The van der Waals surface area contributed by atoms with Gasteiger partial charge < -0.3 is 5.11 Å². The second-order valence-electron chi connectivity index (χ2n) is 8.80. The average Bonchev–Trinajstić information content (AvgIpc) is 2.83. The van der Waals surface area contributed by atoms with Gasteiger partial charge in [0, 0.05) is 11.8 Å². The largest absolute Gasteiger partial charge is 0.511 e. The van der Waals surface area contributed by atoms with Crippen LogP contribution in [0.3, 0.4) is 0 Å². The van der Waals surface area contributed by atoms with Crippen LogP contribution in [0.4, 0.5) is 0 Å². The van der Waals surface area contributed by atoms with Crippen LogP contribution in [0.5, 0.6) is 0 Å². The van der Waals surface area contributed by atoms with Crippen molar-refractivity contribution >= 4 is 11.4 Å². The highest BCUT2D eigenvalue weighted by Crippen LogP contribution is 2.56. The molecule has 2 aliphatic rings. The van der Waals surface area contributed by atoms with E-state index in [1.807, 2.05) is 0 Å². The monoisotopic (exact) mass is 340 g/mol. The fraction of sp³-hybridized carbons (Fsp3) is 0.609. The van der Waals surface area contributed by atoms with E-state index >= 15 is 0 Å². The summed E-state index contributed by atoms with van der Waals surface area (Å²) in [6, 6.07) is 4.36. The lowest BCUT2D eigenvalue weighted by molar-refractivity contribution is -0.124. The van der Waals surface area contributed by atoms with Crippen LogP contribution in [0.2, 0.25) is 0 Å². The minimum absolute atomic E-state index is 0.0121. The van der Waals surface area contributed by atoms with Gasteiger partial charge in [-0.3, -0.25) is 4.79 Å². The Morgan fingerprint density at radius 1 is 1.16 bits per heavy atom. The number of rotatable bonds is 3. The van der Waals surface area contributed by atoms with Gasteiger partial charge in [0.25, 0.3) is 0 Å². The van der Waals surface area contributed by atoms with E-state index in [-0.39, 0.29) is 23.0 Å². The van der Waals surface area contributed by atoms with Crippen LogP contribution in [-0.4, -0.2) is 10.9 Å². The molecule has 2 heteroatoms. The summed E-state index contributed by atoms with van der Waals surface area (Å²) in [5.74, 6) is 0.805. The summed E-state index contributed by atoms with van der Waals surface area (Å²) in [4.78, 5) is 13.5. The van der Waals surface area contributed by atoms with E-state index in [1.54, 1.807) is 0 Å². The van der Waals surface area contributed by atoms with Gasteiger partial charge in [0.2, 0.25) is 0 Å². The summed E-state index contributed by atoms with van der Waals surface area (Å²) in [7, 11) is 0. The van der Waals surface area contributed by atoms with E-state index < -0.39 is 0 Å². The molecule has 1 aromatic rings. The first-order valence-corrected chi connectivity index (χ1v) is 9.83. The summed E-state index contributed by atoms with van der Waals surface area (Å²) in [6.07, 6.45) is 3.88. The fourth-order valence-corrected chi connectivity index (χ4v) is 5.22. The number of aryl methyl sites for hydroxylation is 3. The Hall–Kier alpha value is -1.57. The number of hydrogen-bond acceptors (Lipinski definition) is 2. The number of fused-ring (bicyclic) bond motifs is 1. The number of carbonyl (C=O) groups excluding carboxylic acids is 1. The first kappa shape index (κ1) is 18.2. The first-order valence-electron chi connectivity index (χ1n) is 9.83. The predicted molar refractivity (Wildman–Crippen MR) is 104 cm³/mol. The maximum absolute atomic E-state index is 13.5. The van der Waals surface area contributed by atoms with Gasteiger partial charge >= 0.3 is 0 Å². The minimum Gasteiger partial charge on any atom is -0.511 e. The van der Waals surface area contributed by atoms with Crippen LogP contribution in [0, 0.1) is 30.1 Å². The van der Waals surface area contributed by atoms with Crippen molar-refractivity contribution in [2.24, 2.45) is 23.2 Å². The highest BCUT2D eigenvalue weighted by atomic mass is 16.3. The summed E-state index contributed by atoms with van der Waals surface area (Å²) in [5, 5.41) is 11.2. The molecule has 2 aliphatic carbocycles. The predicted octanol–water partition coefficient (Wildman–Crippen LogP) is 5.66. The molecule has 0 bridgehead atoms. The molecule has 0 aliphatic heterocycles. The molecular weight excluding hydrogens is 308 g/mol. The van der Waals surface area contributed by atoms with Gasteiger partial charge in [-0.15, -0.1) is 0 Å². The first-order chi connectivity index (χ1) is 11.7. The Bertz CT molecular complexity index is 713. The number of carbonyl (C=O) groups is 1. The van der Waals surface area contributed by atoms with Crippen molar-refractivity contribution in [3.8, 4) is 0 Å². The smallest absolute Gasteiger partial charge is 0.171 e. The van der Waals surface area contributed by atoms with Crippen molar-refractivity contribution in [2.75, 3.05) is 0 Å². The molecule has 1 unspecified atom stereocenters. The van der Waals surface area contributed by atoms with Gasteiger partial charge in [-0.2, -0.15) is 0 Å². The lowest BCUT2D eigenvalue weighted by atomic mass is 9.60. The minimum atomic E-state index is -0.0815. The molecule has 1 fully saturated rings. The summed E-state index contributed by atoms with van der Waals surface area (Å²) >= 11 is 0. The zero-order chi connectivity index (χ0) is 18.5. The second kappa shape index (κ2) is 6.30. The molecule has 0 radical (unpaired) electrons. The van der Waals surface area contributed by atoms with E-state index in [0.717, 1.165) is 31.2 Å². The molecule has 3 atom stereocenters. The number of hydrogen-bond donors (Lipinski definition) is 1. The molecule has 0 heterocycles. The lowest BCUT2D eigenvalue weighted by Crippen LogP contribution is -2.40. The lowest BCUT2D eigenvalue weighted by Gasteiger charge is -2.43. The number of aliphatic hydroxyl groups excluding tert-OH is 1. The Morgan fingerprint density at radius 3 is 2.20 bits per heavy atom. The summed E-state index contributed by atoms with van der Waals surface area (Å²) < 4.78 is 0. The van der Waals surface area contributed by atoms with E-state index in [9.17, 15) is 9.90 Å². The Labute approximate surface area is 152 Å². The molecular formula is C23H32O2. The van der Waals surface area contributed by atoms with E-state index in [1.165, 1.54) is 16.7 Å². The summed E-state index contributed by atoms with van der Waals surface area (Å²) in [5.41, 5.74) is 5.22. The topological polar surface area (TPSA) is 37.3 Å². The maximum atomic E-state index is 13.5. The third kappa shape index (κ3) is 2.74. The van der Waals surface area contributed by atoms with Crippen LogP contribution in [0.1, 0.15) is 69.7 Å². The summed E-state index contributed by atoms with van der Waals surface area (Å²) in [6.45, 7) is 13.0. The molecule has 0 saturated heterocycles. The number of benzene rings is 1. The van der Waals surface area contributed by atoms with Crippen molar-refractivity contribution in [1.82, 2.24) is 0 Å². The van der Waals surface area contributed by atoms with Crippen LogP contribution < -0.4 is 0 Å². The highest BCUT2D eigenvalue weighted by molar-refractivity contribution is 6.25. The Balaban J connectivity index is 2.23. The van der Waals surface area contributed by atoms with Gasteiger partial charge in [0.1, 0.15) is 5.76 Å². The van der Waals surface area contributed by atoms with Gasteiger partial charge in [-0.05, 0) is 60.6 Å². The van der Waals surface area contributed by atoms with Gasteiger partial charge in [-0.25, -0.2) is 0 Å². The molecule has 1 saturated carbocycles. The molecule has 0 aromatic heterocycles. The number of aliphatic hydroxyl groups is 1. The van der Waals surface area contributed by atoms with E-state index in [4.69, 9.17) is 0 Å². The van der Waals surface area contributed by atoms with Crippen molar-refractivity contribution in [3.05, 3.63) is 40.1 Å². The Morgan fingerprint density at radius 2 is 1.72 bits per heavy atom. The highest BCUT2D eigenvalue weighted by Gasteiger charge is 2.54. The van der Waals surface area contributed by atoms with Crippen molar-refractivity contribution in [2.45, 2.75) is 67.2 Å². The van der Waals surface area contributed by atoms with Crippen molar-refractivity contribution in [1.29, 1.82) is 0 Å². The quantitative estimate of drug-likeness (QED) is 0.771. The number of Topliss-reactive ketones (excluding diaryl/α,β-unsaturated/α-hetero) is 1. The molecule has 0 amide bonds. The third-order valence-electron chi connectivity index (χ3n) is 6.62. The average molecular weight is 341 g/mol. The SMILES string of the molecule is CCc1cc(C)cc(CC)c1C1=C(O)[C@H]2C(C)CCC(C)(C)[C@H]2C1=O. The van der Waals surface area contributed by atoms with Gasteiger partial charge in [-0.1, -0.05) is 52.3 Å². The molecule has 1 N–H and O–H groups in total. The zero-order valence-corrected chi connectivity index (χ0v) is 16.6. The molecule has 136 valence electrons. The standard InChI is InChI=1S/C23H32O2/c1-7-15-11-13(3)12-16(8-2)18(15)19-21(24)17-14(4)9-10-23(5,6)20(17)22(19)25/h11-12,14,17,20,24H,7-10H2,1-6H3/t14?,17-,20+/m0/s1. The Kier molecular flexibility index (Phi) is 4.59. The molecule has 1 aromatic carbocycles. The third-order valence-corrected chi connectivity index (χ3v) is 6.62. The molecule has 0 spiro atoms. The van der Waals surface area contributed by atoms with Crippen LogP contribution in [0.25, 0.3) is 5.57 Å². The van der Waals surface area contributed by atoms with Gasteiger partial charge in [0.05, 0.1) is 5.57 Å². The molecule has 25 heavy (non-hydrogen) atoms. The fourth-order valence-electron chi connectivity index (χ4n) is 5.22. The van der Waals surface area contributed by atoms with Crippen molar-refractivity contribution < 1.29 is 9.90 Å². The van der Waals surface area contributed by atoms with E-state index in [2.05, 4.69) is 53.7 Å². The van der Waals surface area contributed by atoms with Crippen LogP contribution in [0.15, 0.2) is 17.9 Å². The van der Waals surface area contributed by atoms with E-state index in [0.29, 0.717) is 17.3 Å². The maximum Gasteiger partial charge on any atom is 0.171 e. The van der Waals surface area contributed by atoms with Crippen molar-refractivity contribution in [3.63, 3.8) is 0 Å². The number of ketones is 1. The second-order valence-corrected chi connectivity index (χ2v) is 8.80. The zero-order valence-electron chi connectivity index (χ0n) is 16.6.